The van der Waals surface area contributed by atoms with Gasteiger partial charge in [0.1, 0.15) is 5.82 Å². The number of anilines is 1. The summed E-state index contributed by atoms with van der Waals surface area (Å²) >= 11 is 0. The fourth-order valence-electron chi connectivity index (χ4n) is 1.91. The molecule has 120 valence electrons. The number of allylic oxidation sites excluding steroid dienone is 3. The summed E-state index contributed by atoms with van der Waals surface area (Å²) in [5.74, 6) is -0.201. The monoisotopic (exact) mass is 303 g/mol. The van der Waals surface area contributed by atoms with Gasteiger partial charge in [0.05, 0.1) is 0 Å². The Hall–Kier alpha value is -2.10. The van der Waals surface area contributed by atoms with Crippen LogP contribution < -0.4 is 11.1 Å². The molecule has 0 bridgehead atoms. The fraction of sp³-hybridized carbons (Fsp3) is 0.389. The van der Waals surface area contributed by atoms with E-state index in [2.05, 4.69) is 23.3 Å². The molecule has 0 spiro atoms. The van der Waals surface area contributed by atoms with Crippen molar-refractivity contribution < 1.29 is 4.39 Å². The molecule has 0 aliphatic heterocycles. The van der Waals surface area contributed by atoms with E-state index in [-0.39, 0.29) is 5.82 Å². The standard InChI is InChI=1S/C18H26FN3/c1-4-15(5-2)12-21-10-6-7-16(20)13-22-17-8-9-18(19)14(3)11-17/h4,8-9,11-13,22H,5-7,10,20H2,1-3H3/b15-4-,16-13-,21-12-. The highest BCUT2D eigenvalue weighted by atomic mass is 19.1. The third-order valence-electron chi connectivity index (χ3n) is 3.37. The lowest BCUT2D eigenvalue weighted by atomic mass is 10.2. The van der Waals surface area contributed by atoms with Crippen LogP contribution in [0.25, 0.3) is 0 Å². The molecule has 1 aromatic carbocycles. The Kier molecular flexibility index (Phi) is 7.97. The zero-order valence-corrected chi connectivity index (χ0v) is 13.7. The first-order valence-corrected chi connectivity index (χ1v) is 7.69. The molecule has 0 aromatic heterocycles. The molecule has 0 aliphatic carbocycles. The predicted molar refractivity (Wildman–Crippen MR) is 93.7 cm³/mol. The number of hydrogen-bond acceptors (Lipinski definition) is 3. The van der Waals surface area contributed by atoms with Gasteiger partial charge in [0.2, 0.25) is 0 Å². The van der Waals surface area contributed by atoms with Crippen molar-refractivity contribution in [1.29, 1.82) is 0 Å². The van der Waals surface area contributed by atoms with Crippen LogP contribution in [0.15, 0.2) is 46.7 Å². The third-order valence-corrected chi connectivity index (χ3v) is 3.37. The molecule has 3 N–H and O–H groups in total. The smallest absolute Gasteiger partial charge is 0.126 e. The molecule has 0 unspecified atom stereocenters. The molecule has 4 heteroatoms. The largest absolute Gasteiger partial charge is 0.401 e. The van der Waals surface area contributed by atoms with Crippen molar-refractivity contribution in [3.63, 3.8) is 0 Å². The highest BCUT2D eigenvalue weighted by Gasteiger charge is 1.98. The van der Waals surface area contributed by atoms with Crippen molar-refractivity contribution in [2.45, 2.75) is 40.0 Å². The Morgan fingerprint density at radius 2 is 2.18 bits per heavy atom. The second kappa shape index (κ2) is 9.77. The second-order valence-corrected chi connectivity index (χ2v) is 5.18. The number of aliphatic imine (C=N–C) groups is 1. The van der Waals surface area contributed by atoms with Crippen LogP contribution in [-0.4, -0.2) is 12.8 Å². The first kappa shape index (κ1) is 18.0. The first-order chi connectivity index (χ1) is 10.6. The van der Waals surface area contributed by atoms with Crippen molar-refractivity contribution >= 4 is 11.9 Å². The lowest BCUT2D eigenvalue weighted by molar-refractivity contribution is 0.619. The average Bonchev–Trinajstić information content (AvgIpc) is 2.52. The van der Waals surface area contributed by atoms with Crippen LogP contribution in [0.2, 0.25) is 0 Å². The Labute approximate surface area is 132 Å². The average molecular weight is 303 g/mol. The molecular weight excluding hydrogens is 277 g/mol. The van der Waals surface area contributed by atoms with E-state index in [0.717, 1.165) is 37.2 Å². The van der Waals surface area contributed by atoms with Crippen LogP contribution in [0.5, 0.6) is 0 Å². The molecule has 0 saturated heterocycles. The van der Waals surface area contributed by atoms with Gasteiger partial charge in [-0.1, -0.05) is 13.0 Å². The van der Waals surface area contributed by atoms with E-state index in [0.29, 0.717) is 5.56 Å². The van der Waals surface area contributed by atoms with Gasteiger partial charge < -0.3 is 11.1 Å². The molecule has 1 rings (SSSR count). The summed E-state index contributed by atoms with van der Waals surface area (Å²) in [4.78, 5) is 4.39. The molecule has 0 aliphatic rings. The molecule has 0 fully saturated rings. The molecule has 0 radical (unpaired) electrons. The summed E-state index contributed by atoms with van der Waals surface area (Å²) in [6, 6.07) is 4.90. The third kappa shape index (κ3) is 6.57. The normalized spacial score (nSPS) is 12.9. The highest BCUT2D eigenvalue weighted by molar-refractivity contribution is 5.78. The van der Waals surface area contributed by atoms with Gasteiger partial charge in [0.15, 0.2) is 0 Å². The van der Waals surface area contributed by atoms with Gasteiger partial charge >= 0.3 is 0 Å². The molecule has 0 saturated carbocycles. The van der Waals surface area contributed by atoms with Crippen molar-refractivity contribution in [3.8, 4) is 0 Å². The second-order valence-electron chi connectivity index (χ2n) is 5.18. The molecule has 1 aromatic rings. The number of rotatable bonds is 8. The molecule has 3 nitrogen and oxygen atoms in total. The van der Waals surface area contributed by atoms with Crippen LogP contribution in [0.1, 0.15) is 38.7 Å². The van der Waals surface area contributed by atoms with Gasteiger partial charge in [0, 0.05) is 30.3 Å². The number of hydrogen-bond donors (Lipinski definition) is 2. The Morgan fingerprint density at radius 1 is 1.41 bits per heavy atom. The summed E-state index contributed by atoms with van der Waals surface area (Å²) in [5, 5.41) is 3.09. The molecule has 0 heterocycles. The zero-order valence-electron chi connectivity index (χ0n) is 13.7. The van der Waals surface area contributed by atoms with Crippen LogP contribution in [0, 0.1) is 12.7 Å². The summed E-state index contributed by atoms with van der Waals surface area (Å²) in [6.45, 7) is 6.64. The first-order valence-electron chi connectivity index (χ1n) is 7.69. The van der Waals surface area contributed by atoms with Gasteiger partial charge in [-0.3, -0.25) is 4.99 Å². The van der Waals surface area contributed by atoms with Crippen LogP contribution in [0.3, 0.4) is 0 Å². The number of halogens is 1. The molecule has 0 amide bonds. The van der Waals surface area contributed by atoms with Crippen molar-refractivity contribution in [2.75, 3.05) is 11.9 Å². The minimum atomic E-state index is -0.201. The summed E-state index contributed by atoms with van der Waals surface area (Å²) in [5.41, 5.74) is 9.40. The number of nitrogens with one attached hydrogen (secondary N) is 1. The molecular formula is C18H26FN3. The topological polar surface area (TPSA) is 50.4 Å². The Morgan fingerprint density at radius 3 is 2.82 bits per heavy atom. The van der Waals surface area contributed by atoms with Crippen LogP contribution in [-0.2, 0) is 0 Å². The maximum atomic E-state index is 13.2. The lowest BCUT2D eigenvalue weighted by Crippen LogP contribution is -2.02. The van der Waals surface area contributed by atoms with E-state index < -0.39 is 0 Å². The van der Waals surface area contributed by atoms with Crippen LogP contribution in [0.4, 0.5) is 10.1 Å². The van der Waals surface area contributed by atoms with Crippen molar-refractivity contribution in [1.82, 2.24) is 0 Å². The zero-order chi connectivity index (χ0) is 16.4. The number of nitrogens with two attached hydrogens (primary N) is 1. The fourth-order valence-corrected chi connectivity index (χ4v) is 1.91. The van der Waals surface area contributed by atoms with Crippen molar-refractivity contribution in [3.05, 3.63) is 53.1 Å². The quantitative estimate of drug-likeness (QED) is 0.546. The van der Waals surface area contributed by atoms with E-state index in [9.17, 15) is 4.39 Å². The Bertz CT molecular complexity index is 559. The van der Waals surface area contributed by atoms with Crippen molar-refractivity contribution in [2.24, 2.45) is 10.7 Å². The number of benzene rings is 1. The minimum absolute atomic E-state index is 0.201. The Balaban J connectivity index is 2.35. The highest BCUT2D eigenvalue weighted by Crippen LogP contribution is 2.14. The van der Waals surface area contributed by atoms with Crippen LogP contribution >= 0.6 is 0 Å². The van der Waals surface area contributed by atoms with Gasteiger partial charge in [-0.05, 0) is 62.4 Å². The molecule has 22 heavy (non-hydrogen) atoms. The minimum Gasteiger partial charge on any atom is -0.401 e. The van der Waals surface area contributed by atoms with Gasteiger partial charge in [0.25, 0.3) is 0 Å². The molecule has 0 atom stereocenters. The van der Waals surface area contributed by atoms with Gasteiger partial charge in [-0.25, -0.2) is 4.39 Å². The van der Waals surface area contributed by atoms with E-state index >= 15 is 0 Å². The summed E-state index contributed by atoms with van der Waals surface area (Å²) in [7, 11) is 0. The summed E-state index contributed by atoms with van der Waals surface area (Å²) in [6.07, 6.45) is 8.46. The van der Waals surface area contributed by atoms with E-state index in [1.165, 1.54) is 11.6 Å². The SMILES string of the molecule is C/C=C(\C=N/CCC/C(N)=C/Nc1ccc(F)c(C)c1)CC. The maximum absolute atomic E-state index is 13.2. The van der Waals surface area contributed by atoms with E-state index in [1.807, 2.05) is 13.1 Å². The van der Waals surface area contributed by atoms with E-state index in [1.54, 1.807) is 25.3 Å². The predicted octanol–water partition coefficient (Wildman–Crippen LogP) is 4.55. The van der Waals surface area contributed by atoms with Gasteiger partial charge in [-0.2, -0.15) is 0 Å². The number of nitrogens with zero attached hydrogens (tertiary/aromatic N) is 1. The summed E-state index contributed by atoms with van der Waals surface area (Å²) < 4.78 is 13.2. The number of aryl methyl sites for hydroxylation is 1. The van der Waals surface area contributed by atoms with E-state index in [4.69, 9.17) is 5.73 Å². The maximum Gasteiger partial charge on any atom is 0.126 e. The van der Waals surface area contributed by atoms with Gasteiger partial charge in [-0.15, -0.1) is 0 Å². The lowest BCUT2D eigenvalue weighted by Gasteiger charge is -2.05.